The molecule has 3 nitrogen and oxygen atoms in total. The first-order valence-electron chi connectivity index (χ1n) is 8.56. The van der Waals surface area contributed by atoms with Crippen molar-refractivity contribution in [1.82, 2.24) is 10.3 Å². The molecule has 1 N–H and O–H groups in total. The van der Waals surface area contributed by atoms with E-state index in [1.54, 1.807) is 0 Å². The standard InChI is InChI=1S/C17H30N2OS/c1-4-11-18-13(3)15-12-19-17(21-15)16(20-5-2)14-9-7-6-8-10-14/h12-14,16,18H,4-11H2,1-3H3. The normalized spacial score (nSPS) is 19.6. The summed E-state index contributed by atoms with van der Waals surface area (Å²) in [5.41, 5.74) is 0. The molecule has 0 saturated heterocycles. The first-order chi connectivity index (χ1) is 10.3. The van der Waals surface area contributed by atoms with Gasteiger partial charge >= 0.3 is 0 Å². The van der Waals surface area contributed by atoms with E-state index in [2.05, 4.69) is 26.1 Å². The van der Waals surface area contributed by atoms with Crippen molar-refractivity contribution < 1.29 is 4.74 Å². The Morgan fingerprint density at radius 1 is 1.33 bits per heavy atom. The van der Waals surface area contributed by atoms with Crippen LogP contribution in [-0.4, -0.2) is 18.1 Å². The lowest BCUT2D eigenvalue weighted by atomic mass is 9.85. The number of thiazole rings is 1. The Bertz CT molecular complexity index is 401. The van der Waals surface area contributed by atoms with Crippen molar-refractivity contribution in [2.45, 2.75) is 71.4 Å². The van der Waals surface area contributed by atoms with E-state index < -0.39 is 0 Å². The quantitative estimate of drug-likeness (QED) is 0.744. The smallest absolute Gasteiger partial charge is 0.122 e. The van der Waals surface area contributed by atoms with Crippen molar-refractivity contribution in [2.75, 3.05) is 13.2 Å². The minimum absolute atomic E-state index is 0.215. The Hall–Kier alpha value is -0.450. The van der Waals surface area contributed by atoms with Crippen molar-refractivity contribution in [2.24, 2.45) is 5.92 Å². The van der Waals surface area contributed by atoms with E-state index in [9.17, 15) is 0 Å². The topological polar surface area (TPSA) is 34.2 Å². The summed E-state index contributed by atoms with van der Waals surface area (Å²) in [6.07, 6.45) is 10.1. The molecule has 1 saturated carbocycles. The minimum Gasteiger partial charge on any atom is -0.371 e. The molecule has 0 spiro atoms. The van der Waals surface area contributed by atoms with Crippen LogP contribution < -0.4 is 5.32 Å². The van der Waals surface area contributed by atoms with E-state index in [1.807, 2.05) is 17.5 Å². The predicted molar refractivity (Wildman–Crippen MR) is 89.8 cm³/mol. The zero-order valence-corrected chi connectivity index (χ0v) is 14.5. The Morgan fingerprint density at radius 3 is 2.76 bits per heavy atom. The highest BCUT2D eigenvalue weighted by Crippen LogP contribution is 2.39. The number of nitrogens with zero attached hydrogens (tertiary/aromatic N) is 1. The monoisotopic (exact) mass is 310 g/mol. The third-order valence-corrected chi connectivity index (χ3v) is 5.58. The maximum Gasteiger partial charge on any atom is 0.122 e. The summed E-state index contributed by atoms with van der Waals surface area (Å²) in [7, 11) is 0. The number of ether oxygens (including phenoxy) is 1. The molecule has 0 radical (unpaired) electrons. The van der Waals surface area contributed by atoms with Crippen molar-refractivity contribution in [1.29, 1.82) is 0 Å². The van der Waals surface area contributed by atoms with Gasteiger partial charge in [-0.05, 0) is 45.6 Å². The lowest BCUT2D eigenvalue weighted by molar-refractivity contribution is 0.00551. The van der Waals surface area contributed by atoms with Crippen molar-refractivity contribution in [3.63, 3.8) is 0 Å². The molecule has 1 aliphatic rings. The van der Waals surface area contributed by atoms with Crippen LogP contribution in [0.25, 0.3) is 0 Å². The van der Waals surface area contributed by atoms with E-state index in [0.717, 1.165) is 13.2 Å². The predicted octanol–water partition coefficient (Wildman–Crippen LogP) is 4.86. The zero-order valence-electron chi connectivity index (χ0n) is 13.7. The lowest BCUT2D eigenvalue weighted by Crippen LogP contribution is -2.19. The van der Waals surface area contributed by atoms with Gasteiger partial charge in [-0.2, -0.15) is 0 Å². The third kappa shape index (κ3) is 4.76. The van der Waals surface area contributed by atoms with Gasteiger partial charge in [-0.3, -0.25) is 0 Å². The summed E-state index contributed by atoms with van der Waals surface area (Å²) in [6.45, 7) is 8.36. The highest BCUT2D eigenvalue weighted by atomic mass is 32.1. The van der Waals surface area contributed by atoms with E-state index in [0.29, 0.717) is 12.0 Å². The van der Waals surface area contributed by atoms with Crippen LogP contribution in [0.1, 0.15) is 81.3 Å². The second-order valence-electron chi connectivity index (χ2n) is 6.05. The molecule has 1 heterocycles. The molecule has 2 rings (SSSR count). The molecule has 1 aliphatic carbocycles. The average molecular weight is 311 g/mol. The van der Waals surface area contributed by atoms with Crippen molar-refractivity contribution >= 4 is 11.3 Å². The van der Waals surface area contributed by atoms with Crippen molar-refractivity contribution in [3.8, 4) is 0 Å². The zero-order chi connectivity index (χ0) is 15.1. The minimum atomic E-state index is 0.215. The van der Waals surface area contributed by atoms with Crippen LogP contribution in [-0.2, 0) is 4.74 Å². The van der Waals surface area contributed by atoms with Gasteiger partial charge in [0.2, 0.25) is 0 Å². The molecule has 2 unspecified atom stereocenters. The molecule has 1 aromatic heterocycles. The number of hydrogen-bond acceptors (Lipinski definition) is 4. The maximum atomic E-state index is 6.07. The van der Waals surface area contributed by atoms with Crippen molar-refractivity contribution in [3.05, 3.63) is 16.1 Å². The fraction of sp³-hybridized carbons (Fsp3) is 0.824. The summed E-state index contributed by atoms with van der Waals surface area (Å²) in [4.78, 5) is 6.03. The van der Waals surface area contributed by atoms with Gasteiger partial charge in [0, 0.05) is 23.7 Å². The Morgan fingerprint density at radius 2 is 2.10 bits per heavy atom. The third-order valence-electron chi connectivity index (χ3n) is 4.34. The highest BCUT2D eigenvalue weighted by Gasteiger charge is 2.28. The summed E-state index contributed by atoms with van der Waals surface area (Å²) in [6, 6.07) is 0.393. The summed E-state index contributed by atoms with van der Waals surface area (Å²) in [5, 5.41) is 4.73. The second kappa shape index (κ2) is 8.86. The first-order valence-corrected chi connectivity index (χ1v) is 9.38. The molecule has 0 aromatic carbocycles. The lowest BCUT2D eigenvalue weighted by Gasteiger charge is -2.28. The summed E-state index contributed by atoms with van der Waals surface area (Å²) in [5.74, 6) is 0.664. The van der Waals surface area contributed by atoms with E-state index >= 15 is 0 Å². The van der Waals surface area contributed by atoms with E-state index in [4.69, 9.17) is 9.72 Å². The molecule has 1 aromatic rings. The highest BCUT2D eigenvalue weighted by molar-refractivity contribution is 7.11. The fourth-order valence-electron chi connectivity index (χ4n) is 3.12. The molecule has 21 heavy (non-hydrogen) atoms. The van der Waals surface area contributed by atoms with Crippen LogP contribution in [0, 0.1) is 5.92 Å². The van der Waals surface area contributed by atoms with Gasteiger partial charge in [0.15, 0.2) is 0 Å². The Balaban J connectivity index is 2.04. The maximum absolute atomic E-state index is 6.07. The van der Waals surface area contributed by atoms with Gasteiger partial charge in [0.05, 0.1) is 0 Å². The van der Waals surface area contributed by atoms with Crippen LogP contribution in [0.15, 0.2) is 6.20 Å². The molecule has 1 fully saturated rings. The molecule has 0 amide bonds. The van der Waals surface area contributed by atoms with E-state index in [1.165, 1.54) is 48.4 Å². The van der Waals surface area contributed by atoms with Crippen LogP contribution in [0.5, 0.6) is 0 Å². The molecular formula is C17H30N2OS. The van der Waals surface area contributed by atoms with Gasteiger partial charge in [0.25, 0.3) is 0 Å². The molecule has 120 valence electrons. The molecular weight excluding hydrogens is 280 g/mol. The SMILES string of the molecule is CCCNC(C)c1cnc(C(OCC)C2CCCCC2)s1. The Kier molecular flexibility index (Phi) is 7.14. The van der Waals surface area contributed by atoms with Gasteiger partial charge in [-0.15, -0.1) is 11.3 Å². The van der Waals surface area contributed by atoms with Gasteiger partial charge in [0.1, 0.15) is 11.1 Å². The van der Waals surface area contributed by atoms with E-state index in [-0.39, 0.29) is 6.10 Å². The fourth-order valence-corrected chi connectivity index (χ4v) is 4.21. The summed E-state index contributed by atoms with van der Waals surface area (Å²) >= 11 is 1.83. The number of hydrogen-bond donors (Lipinski definition) is 1. The molecule has 0 bridgehead atoms. The number of rotatable bonds is 8. The largest absolute Gasteiger partial charge is 0.371 e. The molecule has 4 heteroatoms. The Labute approximate surface area is 133 Å². The number of aromatic nitrogens is 1. The van der Waals surface area contributed by atoms with Crippen LogP contribution in [0.3, 0.4) is 0 Å². The van der Waals surface area contributed by atoms with Crippen LogP contribution in [0.2, 0.25) is 0 Å². The summed E-state index contributed by atoms with van der Waals surface area (Å²) < 4.78 is 6.07. The van der Waals surface area contributed by atoms with Gasteiger partial charge < -0.3 is 10.1 Å². The number of nitrogens with one attached hydrogen (secondary N) is 1. The van der Waals surface area contributed by atoms with Crippen LogP contribution in [0.4, 0.5) is 0 Å². The van der Waals surface area contributed by atoms with Crippen LogP contribution >= 0.6 is 11.3 Å². The second-order valence-corrected chi connectivity index (χ2v) is 7.14. The van der Waals surface area contributed by atoms with Gasteiger partial charge in [-0.25, -0.2) is 4.98 Å². The molecule has 0 aliphatic heterocycles. The molecule has 2 atom stereocenters. The van der Waals surface area contributed by atoms with Gasteiger partial charge in [-0.1, -0.05) is 26.2 Å². The average Bonchev–Trinajstić information content (AvgIpc) is 3.00. The first kappa shape index (κ1) is 16.9.